The molecule has 3 rings (SSSR count). The largest absolute Gasteiger partial charge is 0.357 e. The van der Waals surface area contributed by atoms with Crippen LogP contribution in [0.2, 0.25) is 0 Å². The molecule has 122 valence electrons. The molecule has 1 aromatic carbocycles. The highest BCUT2D eigenvalue weighted by atomic mass is 15.3. The molecular formula is C18H25N5. The van der Waals surface area contributed by atoms with Gasteiger partial charge in [0.15, 0.2) is 5.96 Å². The number of benzene rings is 1. The van der Waals surface area contributed by atoms with Crippen molar-refractivity contribution in [3.05, 3.63) is 48.3 Å². The van der Waals surface area contributed by atoms with E-state index in [0.717, 1.165) is 43.6 Å². The number of para-hydroxylation sites is 1. The van der Waals surface area contributed by atoms with E-state index in [1.54, 1.807) is 0 Å². The molecule has 1 saturated carbocycles. The van der Waals surface area contributed by atoms with E-state index in [1.807, 2.05) is 29.1 Å². The Balaban J connectivity index is 1.49. The van der Waals surface area contributed by atoms with Crippen LogP contribution in [0.4, 0.5) is 0 Å². The van der Waals surface area contributed by atoms with Crippen molar-refractivity contribution in [2.75, 3.05) is 19.6 Å². The third-order valence-corrected chi connectivity index (χ3v) is 3.91. The van der Waals surface area contributed by atoms with Crippen molar-refractivity contribution in [2.24, 2.45) is 10.9 Å². The van der Waals surface area contributed by atoms with Crippen molar-refractivity contribution in [3.8, 4) is 5.69 Å². The molecule has 5 heteroatoms. The second-order valence-electron chi connectivity index (χ2n) is 5.97. The van der Waals surface area contributed by atoms with Gasteiger partial charge in [-0.1, -0.05) is 18.2 Å². The molecule has 0 unspecified atom stereocenters. The highest BCUT2D eigenvalue weighted by molar-refractivity contribution is 5.79. The Hall–Kier alpha value is -2.30. The fourth-order valence-electron chi connectivity index (χ4n) is 2.40. The van der Waals surface area contributed by atoms with E-state index in [9.17, 15) is 0 Å². The maximum absolute atomic E-state index is 4.63. The molecule has 2 N–H and O–H groups in total. The first-order valence-corrected chi connectivity index (χ1v) is 8.46. The van der Waals surface area contributed by atoms with Crippen LogP contribution in [0.1, 0.15) is 25.3 Å². The molecule has 5 nitrogen and oxygen atoms in total. The van der Waals surface area contributed by atoms with E-state index in [-0.39, 0.29) is 0 Å². The lowest BCUT2D eigenvalue weighted by Gasteiger charge is -2.10. The number of rotatable bonds is 7. The van der Waals surface area contributed by atoms with Crippen molar-refractivity contribution in [3.63, 3.8) is 0 Å². The summed E-state index contributed by atoms with van der Waals surface area (Å²) in [6, 6.07) is 10.2. The Morgan fingerprint density at radius 2 is 2.09 bits per heavy atom. The Morgan fingerprint density at radius 3 is 2.83 bits per heavy atom. The normalized spacial score (nSPS) is 14.7. The lowest BCUT2D eigenvalue weighted by atomic mass is 10.2. The van der Waals surface area contributed by atoms with E-state index in [1.165, 1.54) is 18.4 Å². The van der Waals surface area contributed by atoms with Gasteiger partial charge in [-0.2, -0.15) is 5.10 Å². The summed E-state index contributed by atoms with van der Waals surface area (Å²) in [6.45, 7) is 4.79. The summed E-state index contributed by atoms with van der Waals surface area (Å²) in [4.78, 5) is 4.63. The number of aliphatic imine (C=N–C) groups is 1. The van der Waals surface area contributed by atoms with Gasteiger partial charge in [0.2, 0.25) is 0 Å². The molecule has 1 heterocycles. The Bertz CT molecular complexity index is 628. The van der Waals surface area contributed by atoms with Gasteiger partial charge in [-0.25, -0.2) is 4.68 Å². The van der Waals surface area contributed by atoms with Gasteiger partial charge in [0.1, 0.15) is 0 Å². The molecule has 2 aromatic rings. The van der Waals surface area contributed by atoms with Crippen molar-refractivity contribution in [1.29, 1.82) is 0 Å². The number of nitrogens with one attached hydrogen (secondary N) is 2. The van der Waals surface area contributed by atoms with E-state index in [0.29, 0.717) is 0 Å². The zero-order valence-corrected chi connectivity index (χ0v) is 13.7. The molecule has 0 radical (unpaired) electrons. The molecule has 0 spiro atoms. The highest BCUT2D eigenvalue weighted by Gasteiger charge is 2.20. The Labute approximate surface area is 137 Å². The fraction of sp³-hybridized carbons (Fsp3) is 0.444. The van der Waals surface area contributed by atoms with Crippen LogP contribution in [0.25, 0.3) is 5.69 Å². The zero-order valence-electron chi connectivity index (χ0n) is 13.7. The maximum Gasteiger partial charge on any atom is 0.191 e. The third-order valence-electron chi connectivity index (χ3n) is 3.91. The predicted octanol–water partition coefficient (Wildman–Crippen LogP) is 2.38. The highest BCUT2D eigenvalue weighted by Crippen LogP contribution is 2.28. The van der Waals surface area contributed by atoms with Gasteiger partial charge in [-0.15, -0.1) is 0 Å². The molecule has 0 saturated heterocycles. The molecule has 1 fully saturated rings. The summed E-state index contributed by atoms with van der Waals surface area (Å²) in [7, 11) is 0. The van der Waals surface area contributed by atoms with E-state index in [4.69, 9.17) is 0 Å². The van der Waals surface area contributed by atoms with Crippen molar-refractivity contribution in [1.82, 2.24) is 20.4 Å². The lowest BCUT2D eigenvalue weighted by molar-refractivity contribution is 0.776. The smallest absolute Gasteiger partial charge is 0.191 e. The predicted molar refractivity (Wildman–Crippen MR) is 94.0 cm³/mol. The lowest BCUT2D eigenvalue weighted by Crippen LogP contribution is -2.38. The fourth-order valence-corrected chi connectivity index (χ4v) is 2.40. The van der Waals surface area contributed by atoms with Gasteiger partial charge in [-0.05, 0) is 49.8 Å². The van der Waals surface area contributed by atoms with Crippen LogP contribution in [0.5, 0.6) is 0 Å². The van der Waals surface area contributed by atoms with Crippen molar-refractivity contribution < 1.29 is 0 Å². The second kappa shape index (κ2) is 7.81. The average Bonchev–Trinajstić information content (AvgIpc) is 3.30. The summed E-state index contributed by atoms with van der Waals surface area (Å²) in [5.74, 6) is 1.74. The van der Waals surface area contributed by atoms with Crippen LogP contribution in [-0.4, -0.2) is 35.4 Å². The first kappa shape index (κ1) is 15.6. The average molecular weight is 311 g/mol. The van der Waals surface area contributed by atoms with Crippen molar-refractivity contribution in [2.45, 2.75) is 26.2 Å². The van der Waals surface area contributed by atoms with E-state index in [2.05, 4.69) is 46.0 Å². The molecule has 0 aliphatic heterocycles. The minimum atomic E-state index is 0.814. The number of aromatic nitrogens is 2. The van der Waals surface area contributed by atoms with Gasteiger partial charge in [-0.3, -0.25) is 4.99 Å². The Morgan fingerprint density at radius 1 is 1.26 bits per heavy atom. The topological polar surface area (TPSA) is 54.2 Å². The van der Waals surface area contributed by atoms with Crippen molar-refractivity contribution >= 4 is 5.96 Å². The second-order valence-corrected chi connectivity index (χ2v) is 5.97. The summed E-state index contributed by atoms with van der Waals surface area (Å²) >= 11 is 0. The van der Waals surface area contributed by atoms with Gasteiger partial charge in [0.25, 0.3) is 0 Å². The van der Waals surface area contributed by atoms with Crippen LogP contribution in [-0.2, 0) is 6.42 Å². The molecule has 0 amide bonds. The van der Waals surface area contributed by atoms with Crippen LogP contribution >= 0.6 is 0 Å². The standard InChI is InChI=1S/C18H25N5/c1-2-19-18(21-12-15-8-9-15)20-11-10-16-13-22-23(14-16)17-6-4-3-5-7-17/h3-7,13-15H,2,8-12H2,1H3,(H2,19,20,21). The van der Waals surface area contributed by atoms with Crippen LogP contribution in [0, 0.1) is 5.92 Å². The van der Waals surface area contributed by atoms with Crippen LogP contribution in [0.15, 0.2) is 47.7 Å². The summed E-state index contributed by atoms with van der Waals surface area (Å²) < 4.78 is 1.92. The van der Waals surface area contributed by atoms with Gasteiger partial charge < -0.3 is 10.6 Å². The first-order chi connectivity index (χ1) is 11.3. The van der Waals surface area contributed by atoms with Gasteiger partial charge >= 0.3 is 0 Å². The molecule has 1 aliphatic rings. The SMILES string of the molecule is CCNC(=NCC1CC1)NCCc1cnn(-c2ccccc2)c1. The molecule has 1 aliphatic carbocycles. The minimum Gasteiger partial charge on any atom is -0.357 e. The monoisotopic (exact) mass is 311 g/mol. The molecule has 1 aromatic heterocycles. The molecular weight excluding hydrogens is 286 g/mol. The van der Waals surface area contributed by atoms with Gasteiger partial charge in [0.05, 0.1) is 11.9 Å². The summed E-state index contributed by atoms with van der Waals surface area (Å²) in [5, 5.41) is 11.1. The number of nitrogens with zero attached hydrogens (tertiary/aromatic N) is 3. The Kier molecular flexibility index (Phi) is 5.29. The third kappa shape index (κ3) is 4.84. The molecule has 23 heavy (non-hydrogen) atoms. The number of guanidine groups is 1. The number of hydrogen-bond donors (Lipinski definition) is 2. The minimum absolute atomic E-state index is 0.814. The van der Waals surface area contributed by atoms with Gasteiger partial charge in [0, 0.05) is 25.8 Å². The quantitative estimate of drug-likeness (QED) is 0.610. The van der Waals surface area contributed by atoms with Crippen LogP contribution in [0.3, 0.4) is 0 Å². The molecule has 0 atom stereocenters. The summed E-state index contributed by atoms with van der Waals surface area (Å²) in [5.41, 5.74) is 2.31. The maximum atomic E-state index is 4.63. The zero-order chi connectivity index (χ0) is 15.9. The first-order valence-electron chi connectivity index (χ1n) is 8.46. The summed E-state index contributed by atoms with van der Waals surface area (Å²) in [6.07, 6.45) is 7.62. The number of hydrogen-bond acceptors (Lipinski definition) is 2. The van der Waals surface area contributed by atoms with E-state index < -0.39 is 0 Å². The molecule has 0 bridgehead atoms. The van der Waals surface area contributed by atoms with Crippen LogP contribution < -0.4 is 10.6 Å². The van der Waals surface area contributed by atoms with E-state index >= 15 is 0 Å².